The van der Waals surface area contributed by atoms with Crippen LogP contribution in [0.1, 0.15) is 33.1 Å². The van der Waals surface area contributed by atoms with Crippen molar-refractivity contribution in [3.05, 3.63) is 41.9 Å². The van der Waals surface area contributed by atoms with Crippen LogP contribution in [0.3, 0.4) is 0 Å². The monoisotopic (exact) mass is 424 g/mol. The smallest absolute Gasteiger partial charge is 0.249 e. The molecule has 1 saturated heterocycles. The minimum atomic E-state index is -0.835. The summed E-state index contributed by atoms with van der Waals surface area (Å²) >= 11 is 1.29. The zero-order chi connectivity index (χ0) is 21.3. The third-order valence-electron chi connectivity index (χ3n) is 5.51. The normalized spacial score (nSPS) is 21.8. The van der Waals surface area contributed by atoms with Gasteiger partial charge in [-0.3, -0.25) is 24.3 Å². The van der Waals surface area contributed by atoms with E-state index < -0.39 is 6.04 Å². The first kappa shape index (κ1) is 20.4. The van der Waals surface area contributed by atoms with Crippen molar-refractivity contribution in [2.24, 2.45) is 17.8 Å². The Labute approximate surface area is 179 Å². The molecule has 1 N–H and O–H groups in total. The van der Waals surface area contributed by atoms with Crippen LogP contribution in [-0.2, 0) is 14.4 Å². The third-order valence-corrected chi connectivity index (χ3v) is 6.27. The number of amides is 3. The summed E-state index contributed by atoms with van der Waals surface area (Å²) in [6.07, 6.45) is 7.10. The topological polar surface area (TPSA) is 92.3 Å². The van der Waals surface area contributed by atoms with E-state index in [1.807, 2.05) is 49.6 Å². The second kappa shape index (κ2) is 8.47. The number of carbonyl (C=O) groups is 3. The van der Waals surface area contributed by atoms with Crippen LogP contribution in [0.15, 0.2) is 41.9 Å². The maximum atomic E-state index is 13.2. The van der Waals surface area contributed by atoms with Gasteiger partial charge in [0.05, 0.1) is 17.5 Å². The van der Waals surface area contributed by atoms with Gasteiger partial charge in [-0.1, -0.05) is 32.1 Å². The summed E-state index contributed by atoms with van der Waals surface area (Å²) in [6.45, 7) is 3.95. The number of nitrogens with one attached hydrogen (secondary N) is 1. The van der Waals surface area contributed by atoms with Crippen molar-refractivity contribution >= 4 is 34.2 Å². The van der Waals surface area contributed by atoms with E-state index in [1.54, 1.807) is 6.20 Å². The van der Waals surface area contributed by atoms with Crippen molar-refractivity contribution in [3.8, 4) is 11.4 Å². The Morgan fingerprint density at radius 2 is 1.87 bits per heavy atom. The number of carbonyl (C=O) groups excluding carboxylic acids is 3. The predicted octanol–water partition coefficient (Wildman–Crippen LogP) is 3.51. The van der Waals surface area contributed by atoms with E-state index in [1.165, 1.54) is 16.2 Å². The fourth-order valence-electron chi connectivity index (χ4n) is 4.06. The summed E-state index contributed by atoms with van der Waals surface area (Å²) in [5.74, 6) is -1.39. The molecule has 3 heterocycles. The first-order valence-electron chi connectivity index (χ1n) is 10.2. The molecule has 0 aromatic carbocycles. The Balaban J connectivity index is 1.54. The number of anilines is 1. The van der Waals surface area contributed by atoms with Gasteiger partial charge in [-0.05, 0) is 37.3 Å². The number of rotatable bonds is 6. The highest BCUT2D eigenvalue weighted by Gasteiger charge is 2.51. The number of fused-ring (bicyclic) bond motifs is 1. The molecule has 1 aliphatic carbocycles. The molecule has 2 aromatic rings. The lowest BCUT2D eigenvalue weighted by Gasteiger charge is -2.27. The Bertz CT molecular complexity index is 959. The van der Waals surface area contributed by atoms with E-state index in [4.69, 9.17) is 0 Å². The van der Waals surface area contributed by atoms with Crippen molar-refractivity contribution in [1.29, 1.82) is 0 Å². The average molecular weight is 425 g/mol. The van der Waals surface area contributed by atoms with E-state index >= 15 is 0 Å². The Morgan fingerprint density at radius 3 is 2.47 bits per heavy atom. The number of pyridine rings is 1. The van der Waals surface area contributed by atoms with Crippen molar-refractivity contribution in [2.75, 3.05) is 5.32 Å². The zero-order valence-electron chi connectivity index (χ0n) is 16.9. The average Bonchev–Trinajstić information content (AvgIpc) is 3.30. The van der Waals surface area contributed by atoms with Crippen molar-refractivity contribution < 1.29 is 14.4 Å². The molecule has 4 rings (SSSR count). The van der Waals surface area contributed by atoms with Crippen LogP contribution >= 0.6 is 11.3 Å². The van der Waals surface area contributed by atoms with Gasteiger partial charge in [0, 0.05) is 11.6 Å². The van der Waals surface area contributed by atoms with Gasteiger partial charge < -0.3 is 5.32 Å². The van der Waals surface area contributed by atoms with Crippen LogP contribution in [0.4, 0.5) is 5.13 Å². The second-order valence-corrected chi connectivity index (χ2v) is 8.95. The fraction of sp³-hybridized carbons (Fsp3) is 0.409. The number of hydrogen-bond acceptors (Lipinski definition) is 6. The zero-order valence-corrected chi connectivity index (χ0v) is 17.8. The van der Waals surface area contributed by atoms with Gasteiger partial charge in [-0.25, -0.2) is 4.98 Å². The molecule has 7 nitrogen and oxygen atoms in total. The van der Waals surface area contributed by atoms with Crippen LogP contribution in [0.2, 0.25) is 0 Å². The van der Waals surface area contributed by atoms with Gasteiger partial charge in [-0.15, -0.1) is 11.3 Å². The molecular formula is C22H24N4O3S. The molecule has 0 spiro atoms. The van der Waals surface area contributed by atoms with E-state index in [2.05, 4.69) is 15.3 Å². The first-order chi connectivity index (χ1) is 14.5. The lowest BCUT2D eigenvalue weighted by Crippen LogP contribution is -2.48. The molecule has 3 unspecified atom stereocenters. The van der Waals surface area contributed by atoms with E-state index in [0.717, 1.165) is 5.69 Å². The summed E-state index contributed by atoms with van der Waals surface area (Å²) in [4.78, 5) is 49.1. The molecule has 0 saturated carbocycles. The molecule has 3 amide bonds. The highest BCUT2D eigenvalue weighted by atomic mass is 32.1. The minimum Gasteiger partial charge on any atom is -0.300 e. The predicted molar refractivity (Wildman–Crippen MR) is 114 cm³/mol. The Hall–Kier alpha value is -2.87. The summed E-state index contributed by atoms with van der Waals surface area (Å²) in [5.41, 5.74) is 1.39. The lowest BCUT2D eigenvalue weighted by atomic mass is 9.85. The van der Waals surface area contributed by atoms with Crippen molar-refractivity contribution in [1.82, 2.24) is 14.9 Å². The van der Waals surface area contributed by atoms with Crippen molar-refractivity contribution in [2.45, 2.75) is 39.2 Å². The molecule has 0 bridgehead atoms. The number of hydrogen-bond donors (Lipinski definition) is 1. The molecule has 1 aliphatic heterocycles. The summed E-state index contributed by atoms with van der Waals surface area (Å²) in [6, 6.07) is 4.71. The standard InChI is InChI=1S/C22H24N4O3S/c1-13(2)11-18(26-20(28)14-7-3-4-8-15(14)21(26)29)19(27)25-22-24-17(12-30-22)16-9-5-6-10-23-16/h3-6,9-10,12-15,18H,7-8,11H2,1-2H3,(H,24,25,27). The van der Waals surface area contributed by atoms with Crippen LogP contribution in [0, 0.1) is 17.8 Å². The summed E-state index contributed by atoms with van der Waals surface area (Å²) in [7, 11) is 0. The van der Waals surface area contributed by atoms with Gasteiger partial charge in [-0.2, -0.15) is 0 Å². The van der Waals surface area contributed by atoms with E-state index in [0.29, 0.717) is 30.1 Å². The molecule has 3 atom stereocenters. The Morgan fingerprint density at radius 1 is 1.17 bits per heavy atom. The van der Waals surface area contributed by atoms with E-state index in [-0.39, 0.29) is 35.5 Å². The number of allylic oxidation sites excluding steroid dienone is 2. The molecule has 2 aromatic heterocycles. The summed E-state index contributed by atoms with van der Waals surface area (Å²) < 4.78 is 0. The van der Waals surface area contributed by atoms with Gasteiger partial charge in [0.15, 0.2) is 5.13 Å². The molecule has 2 aliphatic rings. The molecule has 8 heteroatoms. The third kappa shape index (κ3) is 3.92. The van der Waals surface area contributed by atoms with Crippen LogP contribution < -0.4 is 5.32 Å². The highest BCUT2D eigenvalue weighted by Crippen LogP contribution is 2.37. The fourth-order valence-corrected chi connectivity index (χ4v) is 4.77. The minimum absolute atomic E-state index is 0.141. The quantitative estimate of drug-likeness (QED) is 0.566. The van der Waals surface area contributed by atoms with Crippen LogP contribution in [-0.4, -0.2) is 38.6 Å². The van der Waals surface area contributed by atoms with E-state index in [9.17, 15) is 14.4 Å². The second-order valence-electron chi connectivity index (χ2n) is 8.09. The number of imide groups is 1. The van der Waals surface area contributed by atoms with Gasteiger partial charge in [0.1, 0.15) is 11.7 Å². The Kier molecular flexibility index (Phi) is 5.76. The maximum Gasteiger partial charge on any atom is 0.249 e. The molecule has 156 valence electrons. The van der Waals surface area contributed by atoms with Crippen LogP contribution in [0.25, 0.3) is 11.4 Å². The number of aromatic nitrogens is 2. The van der Waals surface area contributed by atoms with Crippen molar-refractivity contribution in [3.63, 3.8) is 0 Å². The van der Waals surface area contributed by atoms with Gasteiger partial charge >= 0.3 is 0 Å². The molecule has 0 radical (unpaired) electrons. The number of likely N-dealkylation sites (tertiary alicyclic amines) is 1. The largest absolute Gasteiger partial charge is 0.300 e. The molecule has 30 heavy (non-hydrogen) atoms. The molecule has 1 fully saturated rings. The lowest BCUT2D eigenvalue weighted by molar-refractivity contribution is -0.147. The van der Waals surface area contributed by atoms with Gasteiger partial charge in [0.25, 0.3) is 0 Å². The SMILES string of the molecule is CC(C)CC(C(=O)Nc1nc(-c2ccccn2)cs1)N1C(=O)C2CC=CCC2C1=O. The maximum absolute atomic E-state index is 13.2. The number of thiazole rings is 1. The molecular weight excluding hydrogens is 400 g/mol. The highest BCUT2D eigenvalue weighted by molar-refractivity contribution is 7.14. The van der Waals surface area contributed by atoms with Gasteiger partial charge in [0.2, 0.25) is 17.7 Å². The number of nitrogens with zero attached hydrogens (tertiary/aromatic N) is 3. The van der Waals surface area contributed by atoms with Crippen LogP contribution in [0.5, 0.6) is 0 Å². The first-order valence-corrected chi connectivity index (χ1v) is 11.0. The summed E-state index contributed by atoms with van der Waals surface area (Å²) in [5, 5.41) is 5.06.